The first-order valence-electron chi connectivity index (χ1n) is 9.14. The zero-order valence-corrected chi connectivity index (χ0v) is 19.6. The molecule has 0 spiro atoms. The highest BCUT2D eigenvalue weighted by Gasteiger charge is 2.31. The van der Waals surface area contributed by atoms with Crippen LogP contribution in [0.1, 0.15) is 17.3 Å². The van der Waals surface area contributed by atoms with Gasteiger partial charge in [-0.25, -0.2) is 4.79 Å². The molecule has 0 heterocycles. The van der Waals surface area contributed by atoms with Crippen molar-refractivity contribution >= 4 is 52.5 Å². The van der Waals surface area contributed by atoms with E-state index in [0.29, 0.717) is 22.8 Å². The molecular formula is C21H23Cl2NO6S. The lowest BCUT2D eigenvalue weighted by atomic mass is 10.1. The molecule has 2 aromatic rings. The van der Waals surface area contributed by atoms with E-state index in [4.69, 9.17) is 37.4 Å². The quantitative estimate of drug-likeness (QED) is 0.293. The van der Waals surface area contributed by atoms with Crippen LogP contribution in [-0.4, -0.2) is 55.8 Å². The van der Waals surface area contributed by atoms with Crippen molar-refractivity contribution in [2.75, 3.05) is 38.5 Å². The summed E-state index contributed by atoms with van der Waals surface area (Å²) in [5, 5.41) is 13.8. The molecule has 0 bridgehead atoms. The minimum atomic E-state index is -1.77. The number of ether oxygens (including phenoxy) is 3. The van der Waals surface area contributed by atoms with Gasteiger partial charge < -0.3 is 24.6 Å². The average molecular weight is 488 g/mol. The molecule has 0 unspecified atom stereocenters. The molecule has 0 saturated heterocycles. The third kappa shape index (κ3) is 7.02. The number of aliphatic hydroxyl groups is 1. The predicted molar refractivity (Wildman–Crippen MR) is 122 cm³/mol. The Balaban J connectivity index is 2.11. The van der Waals surface area contributed by atoms with E-state index in [-0.39, 0.29) is 28.1 Å². The van der Waals surface area contributed by atoms with Crippen LogP contribution < -0.4 is 10.1 Å². The van der Waals surface area contributed by atoms with Gasteiger partial charge in [0, 0.05) is 23.8 Å². The first kappa shape index (κ1) is 25.3. The number of amides is 1. The number of nitrogens with one attached hydrogen (secondary N) is 1. The highest BCUT2D eigenvalue weighted by atomic mass is 35.5. The molecule has 0 aliphatic heterocycles. The molecular weight excluding hydrogens is 465 g/mol. The lowest BCUT2D eigenvalue weighted by molar-refractivity contribution is -0.130. The summed E-state index contributed by atoms with van der Waals surface area (Å²) in [7, 11) is 2.83. The maximum absolute atomic E-state index is 12.7. The number of carbonyl (C=O) groups is 2. The summed E-state index contributed by atoms with van der Waals surface area (Å²) in [5.41, 5.74) is -1.18. The molecule has 2 aromatic carbocycles. The van der Waals surface area contributed by atoms with E-state index < -0.39 is 17.5 Å². The van der Waals surface area contributed by atoms with Crippen LogP contribution in [0.4, 0.5) is 5.69 Å². The monoisotopic (exact) mass is 487 g/mol. The SMILES string of the molecule is COCCOc1cc(NC(=O)[C@](C)(O)CSc2ccccc2C(=O)OC)c(Cl)cc1Cl. The van der Waals surface area contributed by atoms with Crippen molar-refractivity contribution < 1.29 is 28.9 Å². The van der Waals surface area contributed by atoms with Crippen molar-refractivity contribution in [3.8, 4) is 5.75 Å². The predicted octanol–water partition coefficient (Wildman–Crippen LogP) is 4.29. The summed E-state index contributed by atoms with van der Waals surface area (Å²) in [5.74, 6) is -0.877. The fraction of sp³-hybridized carbons (Fsp3) is 0.333. The van der Waals surface area contributed by atoms with E-state index in [1.165, 1.54) is 26.2 Å². The van der Waals surface area contributed by atoms with Crippen molar-refractivity contribution in [2.45, 2.75) is 17.4 Å². The molecule has 0 radical (unpaired) electrons. The maximum Gasteiger partial charge on any atom is 0.338 e. The molecule has 2 rings (SSSR count). The summed E-state index contributed by atoms with van der Waals surface area (Å²) in [6, 6.07) is 9.70. The van der Waals surface area contributed by atoms with Crippen LogP contribution in [0.2, 0.25) is 10.0 Å². The number of hydrogen-bond donors (Lipinski definition) is 2. The van der Waals surface area contributed by atoms with Crippen molar-refractivity contribution in [3.63, 3.8) is 0 Å². The third-order valence-corrected chi connectivity index (χ3v) is 6.09. The van der Waals surface area contributed by atoms with Gasteiger partial charge in [0.05, 0.1) is 35.0 Å². The number of hydrogen-bond acceptors (Lipinski definition) is 7. The van der Waals surface area contributed by atoms with Crippen LogP contribution in [0.5, 0.6) is 5.75 Å². The maximum atomic E-state index is 12.7. The van der Waals surface area contributed by atoms with Gasteiger partial charge in [-0.15, -0.1) is 11.8 Å². The number of thioether (sulfide) groups is 1. The molecule has 7 nitrogen and oxygen atoms in total. The Morgan fingerprint density at radius 2 is 1.84 bits per heavy atom. The summed E-state index contributed by atoms with van der Waals surface area (Å²) >= 11 is 13.5. The fourth-order valence-electron chi connectivity index (χ4n) is 2.38. The van der Waals surface area contributed by atoms with Gasteiger partial charge in [-0.1, -0.05) is 35.3 Å². The lowest BCUT2D eigenvalue weighted by Gasteiger charge is -2.23. The standard InChI is InChI=1S/C21H23Cl2NO6S/c1-21(27,12-31-18-7-5-4-6-13(18)19(25)29-3)20(26)24-16-11-17(30-9-8-28-2)15(23)10-14(16)22/h4-7,10-11,27H,8-9,12H2,1-3H3,(H,24,26)/t21-/m1/s1. The van der Waals surface area contributed by atoms with E-state index in [2.05, 4.69) is 5.32 Å². The summed E-state index contributed by atoms with van der Waals surface area (Å²) < 4.78 is 15.2. The molecule has 0 aliphatic carbocycles. The minimum absolute atomic E-state index is 0.0186. The second-order valence-electron chi connectivity index (χ2n) is 6.61. The first-order valence-corrected chi connectivity index (χ1v) is 10.9. The normalized spacial score (nSPS) is 12.7. The molecule has 168 valence electrons. The lowest BCUT2D eigenvalue weighted by Crippen LogP contribution is -2.42. The van der Waals surface area contributed by atoms with Gasteiger partial charge in [0.25, 0.3) is 5.91 Å². The summed E-state index contributed by atoms with van der Waals surface area (Å²) in [4.78, 5) is 25.2. The van der Waals surface area contributed by atoms with Crippen molar-refractivity contribution in [3.05, 3.63) is 52.0 Å². The van der Waals surface area contributed by atoms with Crippen molar-refractivity contribution in [1.82, 2.24) is 0 Å². The number of methoxy groups -OCH3 is 2. The molecule has 0 fully saturated rings. The number of esters is 1. The summed E-state index contributed by atoms with van der Waals surface area (Å²) in [6.45, 7) is 1.99. The number of halogens is 2. The molecule has 1 atom stereocenters. The molecule has 10 heteroatoms. The van der Waals surface area contributed by atoms with Crippen LogP contribution in [0.15, 0.2) is 41.3 Å². The minimum Gasteiger partial charge on any atom is -0.490 e. The Bertz CT molecular complexity index is 938. The Hall–Kier alpha value is -1.97. The molecule has 2 N–H and O–H groups in total. The number of anilines is 1. The third-order valence-electron chi connectivity index (χ3n) is 4.11. The van der Waals surface area contributed by atoms with Gasteiger partial charge >= 0.3 is 5.97 Å². The molecule has 0 aromatic heterocycles. The van der Waals surface area contributed by atoms with Crippen molar-refractivity contribution in [2.24, 2.45) is 0 Å². The van der Waals surface area contributed by atoms with E-state index in [9.17, 15) is 14.7 Å². The Kier molecular flexibility index (Phi) is 9.46. The Morgan fingerprint density at radius 3 is 2.52 bits per heavy atom. The zero-order chi connectivity index (χ0) is 23.0. The largest absolute Gasteiger partial charge is 0.490 e. The van der Waals surface area contributed by atoms with Crippen LogP contribution in [0.25, 0.3) is 0 Å². The highest BCUT2D eigenvalue weighted by molar-refractivity contribution is 7.99. The van der Waals surface area contributed by atoms with Crippen LogP contribution >= 0.6 is 35.0 Å². The van der Waals surface area contributed by atoms with Gasteiger partial charge in [-0.3, -0.25) is 4.79 Å². The zero-order valence-electron chi connectivity index (χ0n) is 17.2. The fourth-order valence-corrected chi connectivity index (χ4v) is 3.92. The van der Waals surface area contributed by atoms with Crippen LogP contribution in [-0.2, 0) is 14.3 Å². The number of carbonyl (C=O) groups excluding carboxylic acids is 2. The van der Waals surface area contributed by atoms with Gasteiger partial charge in [0.1, 0.15) is 18.0 Å². The highest BCUT2D eigenvalue weighted by Crippen LogP contribution is 2.35. The van der Waals surface area contributed by atoms with Gasteiger partial charge in [0.2, 0.25) is 0 Å². The molecule has 31 heavy (non-hydrogen) atoms. The smallest absolute Gasteiger partial charge is 0.338 e. The number of benzene rings is 2. The summed E-state index contributed by atoms with van der Waals surface area (Å²) in [6.07, 6.45) is 0. The molecule has 1 amide bonds. The van der Waals surface area contributed by atoms with Gasteiger partial charge in [-0.05, 0) is 25.1 Å². The Morgan fingerprint density at radius 1 is 1.13 bits per heavy atom. The topological polar surface area (TPSA) is 94.1 Å². The Labute approximate surface area is 195 Å². The van der Waals surface area contributed by atoms with E-state index in [1.54, 1.807) is 31.4 Å². The molecule has 0 aliphatic rings. The number of rotatable bonds is 10. The van der Waals surface area contributed by atoms with E-state index in [0.717, 1.165) is 11.8 Å². The van der Waals surface area contributed by atoms with Crippen LogP contribution in [0.3, 0.4) is 0 Å². The van der Waals surface area contributed by atoms with Gasteiger partial charge in [-0.2, -0.15) is 0 Å². The van der Waals surface area contributed by atoms with E-state index >= 15 is 0 Å². The average Bonchev–Trinajstić information content (AvgIpc) is 2.75. The second kappa shape index (κ2) is 11.6. The second-order valence-corrected chi connectivity index (χ2v) is 8.44. The van der Waals surface area contributed by atoms with Gasteiger partial charge in [0.15, 0.2) is 0 Å². The molecule has 0 saturated carbocycles. The van der Waals surface area contributed by atoms with E-state index in [1.807, 2.05) is 0 Å². The van der Waals surface area contributed by atoms with Crippen molar-refractivity contribution in [1.29, 1.82) is 0 Å². The first-order chi connectivity index (χ1) is 14.7. The van der Waals surface area contributed by atoms with Crippen LogP contribution in [0, 0.1) is 0 Å².